The minimum atomic E-state index is -3.35. The van der Waals surface area contributed by atoms with Gasteiger partial charge in [-0.3, -0.25) is 9.62 Å². The van der Waals surface area contributed by atoms with Crippen molar-refractivity contribution in [2.75, 3.05) is 35.9 Å². The van der Waals surface area contributed by atoms with E-state index in [4.69, 9.17) is 4.74 Å². The normalized spacial score (nSPS) is 14.4. The first-order chi connectivity index (χ1) is 19.6. The molecule has 9 nitrogen and oxygen atoms in total. The second kappa shape index (κ2) is 13.7. The van der Waals surface area contributed by atoms with E-state index in [2.05, 4.69) is 26.8 Å². The molecule has 0 saturated carbocycles. The predicted molar refractivity (Wildman–Crippen MR) is 155 cm³/mol. The number of benzene rings is 2. The van der Waals surface area contributed by atoms with Gasteiger partial charge in [-0.1, -0.05) is 19.4 Å². The third-order valence-electron chi connectivity index (χ3n) is 6.77. The Bertz CT molecular complexity index is 1410. The zero-order valence-corrected chi connectivity index (χ0v) is 24.0. The third kappa shape index (κ3) is 9.12. The molecule has 0 unspecified atom stereocenters. The number of hydrogen-bond acceptors (Lipinski definition) is 6. The first-order valence-corrected chi connectivity index (χ1v) is 15.4. The number of nitrogens with one attached hydrogen (secondary N) is 2. The predicted octanol–water partition coefficient (Wildman–Crippen LogP) is 5.82. The molecule has 0 atom stereocenters. The topological polar surface area (TPSA) is 104 Å². The number of carbonyl (C=O) groups excluding carboxylic acids is 1. The van der Waals surface area contributed by atoms with E-state index in [9.17, 15) is 22.0 Å². The molecule has 4 rings (SSSR count). The van der Waals surface area contributed by atoms with Crippen molar-refractivity contribution in [3.8, 4) is 11.6 Å². The summed E-state index contributed by atoms with van der Waals surface area (Å²) in [6, 6.07) is 13.1. The monoisotopic (exact) mass is 587 g/mol. The highest BCUT2D eigenvalue weighted by Crippen LogP contribution is 2.24. The van der Waals surface area contributed by atoms with Crippen LogP contribution in [0.25, 0.3) is 0 Å². The number of sulfonamides is 1. The number of rotatable bonds is 11. The molecule has 1 fully saturated rings. The molecule has 1 aliphatic heterocycles. The van der Waals surface area contributed by atoms with Gasteiger partial charge in [0.15, 0.2) is 0 Å². The summed E-state index contributed by atoms with van der Waals surface area (Å²) in [4.78, 5) is 21.5. The molecule has 220 valence electrons. The van der Waals surface area contributed by atoms with E-state index in [1.165, 1.54) is 6.07 Å². The molecule has 2 N–H and O–H groups in total. The van der Waals surface area contributed by atoms with Crippen LogP contribution in [0.3, 0.4) is 0 Å². The summed E-state index contributed by atoms with van der Waals surface area (Å²) < 4.78 is 58.2. The summed E-state index contributed by atoms with van der Waals surface area (Å²) in [7, 11) is -3.35. The number of amides is 2. The fraction of sp³-hybridized carbons (Fsp3) is 0.379. The van der Waals surface area contributed by atoms with E-state index in [-0.39, 0.29) is 17.8 Å². The molecule has 2 heterocycles. The number of anilines is 2. The number of unbranched alkanes of at least 4 members (excludes halogenated alkanes) is 1. The van der Waals surface area contributed by atoms with Gasteiger partial charge >= 0.3 is 6.03 Å². The van der Waals surface area contributed by atoms with E-state index in [1.807, 2.05) is 6.07 Å². The van der Waals surface area contributed by atoms with Gasteiger partial charge < -0.3 is 15.0 Å². The van der Waals surface area contributed by atoms with Gasteiger partial charge in [0.25, 0.3) is 0 Å². The fourth-order valence-electron chi connectivity index (χ4n) is 4.69. The Labute approximate surface area is 239 Å². The lowest BCUT2D eigenvalue weighted by molar-refractivity contribution is 0.122. The Morgan fingerprint density at radius 2 is 1.83 bits per heavy atom. The van der Waals surface area contributed by atoms with Gasteiger partial charge in [0.05, 0.1) is 11.9 Å². The van der Waals surface area contributed by atoms with Crippen molar-refractivity contribution in [1.82, 2.24) is 14.8 Å². The van der Waals surface area contributed by atoms with Crippen molar-refractivity contribution in [2.24, 2.45) is 0 Å². The summed E-state index contributed by atoms with van der Waals surface area (Å²) in [6.45, 7) is 4.90. The number of pyridine rings is 1. The van der Waals surface area contributed by atoms with Crippen LogP contribution < -0.4 is 14.8 Å². The number of urea groups is 1. The molecule has 0 aliphatic carbocycles. The van der Waals surface area contributed by atoms with Crippen LogP contribution in [0.1, 0.15) is 38.2 Å². The summed E-state index contributed by atoms with van der Waals surface area (Å²) in [5, 5.41) is 2.61. The van der Waals surface area contributed by atoms with E-state index in [0.717, 1.165) is 62.7 Å². The smallest absolute Gasteiger partial charge is 0.322 e. The number of piperidine rings is 1. The van der Waals surface area contributed by atoms with Crippen LogP contribution in [0.15, 0.2) is 60.8 Å². The maximum atomic E-state index is 14.1. The number of hydrogen-bond donors (Lipinski definition) is 2. The molecular formula is C29H35F2N5O4S. The Balaban J connectivity index is 1.28. The van der Waals surface area contributed by atoms with Crippen LogP contribution in [0.4, 0.5) is 25.0 Å². The molecule has 0 bridgehead atoms. The van der Waals surface area contributed by atoms with Crippen molar-refractivity contribution in [3.63, 3.8) is 0 Å². The summed E-state index contributed by atoms with van der Waals surface area (Å²) >= 11 is 0. The molecule has 0 radical (unpaired) electrons. The highest BCUT2D eigenvalue weighted by atomic mass is 32.2. The number of ether oxygens (including phenoxy) is 1. The maximum absolute atomic E-state index is 14.1. The minimum absolute atomic E-state index is 0.0224. The van der Waals surface area contributed by atoms with E-state index in [1.54, 1.807) is 41.4 Å². The molecule has 1 aromatic heterocycles. The first-order valence-electron chi connectivity index (χ1n) is 13.6. The van der Waals surface area contributed by atoms with Crippen molar-refractivity contribution in [2.45, 2.75) is 45.2 Å². The van der Waals surface area contributed by atoms with Crippen LogP contribution in [-0.2, 0) is 16.6 Å². The minimum Gasteiger partial charge on any atom is -0.439 e. The first kappa shape index (κ1) is 30.2. The third-order valence-corrected chi connectivity index (χ3v) is 7.37. The lowest BCUT2D eigenvalue weighted by Gasteiger charge is -2.38. The summed E-state index contributed by atoms with van der Waals surface area (Å²) in [5.41, 5.74) is 1.44. The highest BCUT2D eigenvalue weighted by Gasteiger charge is 2.28. The average Bonchev–Trinajstić information content (AvgIpc) is 2.93. The standard InChI is InChI=1S/C29H35F2N5O4S/c1-3-4-15-36(29(37)33-27-11-6-22(30)18-26(27)31)24-13-16-35(17-14-24)20-21-5-12-28(32-19-21)40-25-9-7-23(8-10-25)34-41(2,38)39/h5-12,18-19,24,34H,3-4,13-17,20H2,1-2H3,(H,33,37). The zero-order chi connectivity index (χ0) is 29.4. The summed E-state index contributed by atoms with van der Waals surface area (Å²) in [5.74, 6) is -0.533. The second-order valence-electron chi connectivity index (χ2n) is 10.1. The number of halogens is 2. The van der Waals surface area contributed by atoms with Gasteiger partial charge in [-0.25, -0.2) is 27.0 Å². The van der Waals surface area contributed by atoms with E-state index >= 15 is 0 Å². The Hall–Kier alpha value is -3.77. The van der Waals surface area contributed by atoms with Crippen molar-refractivity contribution in [1.29, 1.82) is 0 Å². The lowest BCUT2D eigenvalue weighted by Crippen LogP contribution is -2.49. The average molecular weight is 588 g/mol. The van der Waals surface area contributed by atoms with Crippen LogP contribution >= 0.6 is 0 Å². The zero-order valence-electron chi connectivity index (χ0n) is 23.1. The Kier molecular flexibility index (Phi) is 10.1. The Morgan fingerprint density at radius 3 is 2.44 bits per heavy atom. The van der Waals surface area contributed by atoms with E-state index < -0.39 is 21.7 Å². The van der Waals surface area contributed by atoms with Gasteiger partial charge in [-0.2, -0.15) is 0 Å². The molecule has 0 spiro atoms. The molecule has 1 saturated heterocycles. The second-order valence-corrected chi connectivity index (χ2v) is 11.9. The lowest BCUT2D eigenvalue weighted by atomic mass is 10.0. The van der Waals surface area contributed by atoms with Crippen LogP contribution in [0.2, 0.25) is 0 Å². The Morgan fingerprint density at radius 1 is 1.10 bits per heavy atom. The molecule has 3 aromatic rings. The quantitative estimate of drug-likeness (QED) is 0.293. The van der Waals surface area contributed by atoms with Crippen molar-refractivity contribution in [3.05, 3.63) is 78.0 Å². The molecule has 41 heavy (non-hydrogen) atoms. The van der Waals surface area contributed by atoms with Crippen molar-refractivity contribution >= 4 is 27.4 Å². The van der Waals surface area contributed by atoms with E-state index in [0.29, 0.717) is 30.4 Å². The largest absolute Gasteiger partial charge is 0.439 e. The van der Waals surface area contributed by atoms with Crippen molar-refractivity contribution < 1.29 is 26.7 Å². The molecule has 2 amide bonds. The van der Waals surface area contributed by atoms with Crippen LogP contribution in [-0.4, -0.2) is 61.2 Å². The van der Waals surface area contributed by atoms with Gasteiger partial charge in [0.2, 0.25) is 15.9 Å². The number of carbonyl (C=O) groups is 1. The maximum Gasteiger partial charge on any atom is 0.322 e. The van der Waals surface area contributed by atoms with Crippen LogP contribution in [0, 0.1) is 11.6 Å². The van der Waals surface area contributed by atoms with Gasteiger partial charge in [0.1, 0.15) is 17.4 Å². The summed E-state index contributed by atoms with van der Waals surface area (Å²) in [6.07, 6.45) is 6.17. The molecule has 12 heteroatoms. The van der Waals surface area contributed by atoms with Gasteiger partial charge in [0, 0.05) is 56.2 Å². The fourth-order valence-corrected chi connectivity index (χ4v) is 5.26. The highest BCUT2D eigenvalue weighted by molar-refractivity contribution is 7.92. The van der Waals surface area contributed by atoms with Crippen LogP contribution in [0.5, 0.6) is 11.6 Å². The number of aromatic nitrogens is 1. The SMILES string of the molecule is CCCCN(C(=O)Nc1ccc(F)cc1F)C1CCN(Cc2ccc(Oc3ccc(NS(C)(=O)=O)cc3)nc2)CC1. The number of likely N-dealkylation sites (tertiary alicyclic amines) is 1. The number of nitrogens with zero attached hydrogens (tertiary/aromatic N) is 3. The molecular weight excluding hydrogens is 552 g/mol. The molecule has 1 aliphatic rings. The van der Waals surface area contributed by atoms with Gasteiger partial charge in [-0.15, -0.1) is 0 Å². The molecule has 2 aromatic carbocycles. The van der Waals surface area contributed by atoms with Gasteiger partial charge in [-0.05, 0) is 61.2 Å².